The fraction of sp³-hybridized carbons (Fsp3) is 0.667. The van der Waals surface area contributed by atoms with Gasteiger partial charge in [-0.1, -0.05) is 32.4 Å². The second-order valence-corrected chi connectivity index (χ2v) is 2.51. The first-order valence-electron chi connectivity index (χ1n) is 3.75. The van der Waals surface area contributed by atoms with E-state index in [0.717, 1.165) is 12.3 Å². The van der Waals surface area contributed by atoms with Gasteiger partial charge < -0.3 is 0 Å². The first-order chi connectivity index (χ1) is 4.31. The minimum Gasteiger partial charge on any atom is -0.0885 e. The minimum atomic E-state index is 0.841. The van der Waals surface area contributed by atoms with Crippen LogP contribution in [-0.2, 0) is 0 Å². The Morgan fingerprint density at radius 1 is 1.44 bits per heavy atom. The average Bonchev–Trinajstić information content (AvgIpc) is 1.89. The SMILES string of the molecule is [CH2]C/C=C/CC(C)CC. The van der Waals surface area contributed by atoms with Crippen LogP contribution in [0.25, 0.3) is 0 Å². The molecule has 0 heteroatoms. The topological polar surface area (TPSA) is 0 Å². The number of hydrogen-bond acceptors (Lipinski definition) is 0. The molecule has 0 aromatic heterocycles. The summed E-state index contributed by atoms with van der Waals surface area (Å²) in [5, 5.41) is 0. The number of allylic oxidation sites excluding steroid dienone is 2. The van der Waals surface area contributed by atoms with Crippen molar-refractivity contribution in [3.63, 3.8) is 0 Å². The summed E-state index contributed by atoms with van der Waals surface area (Å²) < 4.78 is 0. The average molecular weight is 125 g/mol. The smallest absolute Gasteiger partial charge is 0.0325 e. The molecule has 0 saturated heterocycles. The van der Waals surface area contributed by atoms with E-state index in [0.29, 0.717) is 0 Å². The molecule has 0 N–H and O–H groups in total. The molecule has 53 valence electrons. The maximum Gasteiger partial charge on any atom is -0.0325 e. The predicted molar refractivity (Wildman–Crippen MR) is 43.2 cm³/mol. The molecule has 1 atom stereocenters. The van der Waals surface area contributed by atoms with Crippen molar-refractivity contribution in [2.24, 2.45) is 5.92 Å². The van der Waals surface area contributed by atoms with Gasteiger partial charge in [-0.2, -0.15) is 0 Å². The highest BCUT2D eigenvalue weighted by Crippen LogP contribution is 2.06. The maximum atomic E-state index is 3.72. The van der Waals surface area contributed by atoms with Crippen molar-refractivity contribution in [1.82, 2.24) is 0 Å². The zero-order chi connectivity index (χ0) is 7.11. The quantitative estimate of drug-likeness (QED) is 0.506. The van der Waals surface area contributed by atoms with Gasteiger partial charge in [0.2, 0.25) is 0 Å². The lowest BCUT2D eigenvalue weighted by Gasteiger charge is -2.01. The molecule has 0 fully saturated rings. The molecule has 0 nitrogen and oxygen atoms in total. The summed E-state index contributed by atoms with van der Waals surface area (Å²) in [6.07, 6.45) is 7.78. The Kier molecular flexibility index (Phi) is 5.70. The first-order valence-corrected chi connectivity index (χ1v) is 3.75. The van der Waals surface area contributed by atoms with Crippen LogP contribution in [0.2, 0.25) is 0 Å². The number of rotatable bonds is 4. The summed E-state index contributed by atoms with van der Waals surface area (Å²) in [5.41, 5.74) is 0. The molecule has 0 aliphatic heterocycles. The molecular weight excluding hydrogens is 108 g/mol. The molecular formula is C9H17. The molecule has 0 aromatic carbocycles. The lowest BCUT2D eigenvalue weighted by Crippen LogP contribution is -1.87. The van der Waals surface area contributed by atoms with Crippen LogP contribution in [0.5, 0.6) is 0 Å². The van der Waals surface area contributed by atoms with E-state index in [1.165, 1.54) is 12.8 Å². The Bertz CT molecular complexity index is 72.1. The monoisotopic (exact) mass is 125 g/mol. The van der Waals surface area contributed by atoms with Gasteiger partial charge in [-0.3, -0.25) is 0 Å². The summed E-state index contributed by atoms with van der Waals surface area (Å²) in [5.74, 6) is 0.841. The van der Waals surface area contributed by atoms with E-state index in [1.807, 2.05) is 0 Å². The molecule has 1 radical (unpaired) electrons. The molecule has 1 unspecified atom stereocenters. The fourth-order valence-electron chi connectivity index (χ4n) is 0.613. The zero-order valence-electron chi connectivity index (χ0n) is 6.56. The normalized spacial score (nSPS) is 14.6. The van der Waals surface area contributed by atoms with Crippen molar-refractivity contribution >= 4 is 0 Å². The van der Waals surface area contributed by atoms with Crippen LogP contribution in [0.15, 0.2) is 12.2 Å². The molecule has 0 aromatic rings. The van der Waals surface area contributed by atoms with Crippen molar-refractivity contribution < 1.29 is 0 Å². The van der Waals surface area contributed by atoms with E-state index in [-0.39, 0.29) is 0 Å². The molecule has 0 amide bonds. The van der Waals surface area contributed by atoms with Crippen LogP contribution in [0.3, 0.4) is 0 Å². The third kappa shape index (κ3) is 5.61. The Hall–Kier alpha value is -0.260. The summed E-state index contributed by atoms with van der Waals surface area (Å²) in [6.45, 7) is 8.22. The van der Waals surface area contributed by atoms with Gasteiger partial charge in [0.1, 0.15) is 0 Å². The van der Waals surface area contributed by atoms with Gasteiger partial charge in [0.05, 0.1) is 0 Å². The predicted octanol–water partition coefficient (Wildman–Crippen LogP) is 3.20. The van der Waals surface area contributed by atoms with Crippen molar-refractivity contribution in [2.45, 2.75) is 33.1 Å². The standard InChI is InChI=1S/C9H17/c1-4-6-7-8-9(3)5-2/h6-7,9H,1,4-5,8H2,2-3H3/b7-6+. The van der Waals surface area contributed by atoms with Gasteiger partial charge in [0.25, 0.3) is 0 Å². The van der Waals surface area contributed by atoms with E-state index < -0.39 is 0 Å². The minimum absolute atomic E-state index is 0.841. The van der Waals surface area contributed by atoms with Crippen LogP contribution in [0, 0.1) is 12.8 Å². The Balaban J connectivity index is 3.15. The highest BCUT2D eigenvalue weighted by atomic mass is 14.0. The third-order valence-corrected chi connectivity index (χ3v) is 1.57. The summed E-state index contributed by atoms with van der Waals surface area (Å²) in [7, 11) is 0. The van der Waals surface area contributed by atoms with Crippen LogP contribution in [0.4, 0.5) is 0 Å². The molecule has 0 rings (SSSR count). The van der Waals surface area contributed by atoms with Crippen molar-refractivity contribution in [2.75, 3.05) is 0 Å². The summed E-state index contributed by atoms with van der Waals surface area (Å²) >= 11 is 0. The van der Waals surface area contributed by atoms with Crippen molar-refractivity contribution in [3.05, 3.63) is 19.1 Å². The zero-order valence-corrected chi connectivity index (χ0v) is 6.56. The Morgan fingerprint density at radius 3 is 2.56 bits per heavy atom. The van der Waals surface area contributed by atoms with E-state index in [1.54, 1.807) is 0 Å². The number of hydrogen-bond donors (Lipinski definition) is 0. The lowest BCUT2D eigenvalue weighted by molar-refractivity contribution is 0.571. The van der Waals surface area contributed by atoms with E-state index >= 15 is 0 Å². The van der Waals surface area contributed by atoms with E-state index in [4.69, 9.17) is 0 Å². The second kappa shape index (κ2) is 5.87. The van der Waals surface area contributed by atoms with Gasteiger partial charge in [0, 0.05) is 0 Å². The summed E-state index contributed by atoms with van der Waals surface area (Å²) in [4.78, 5) is 0. The van der Waals surface area contributed by atoms with E-state index in [9.17, 15) is 0 Å². The fourth-order valence-corrected chi connectivity index (χ4v) is 0.613. The van der Waals surface area contributed by atoms with Crippen molar-refractivity contribution in [3.8, 4) is 0 Å². The molecule has 0 saturated carbocycles. The van der Waals surface area contributed by atoms with Crippen LogP contribution >= 0.6 is 0 Å². The van der Waals surface area contributed by atoms with Gasteiger partial charge >= 0.3 is 0 Å². The molecule has 9 heavy (non-hydrogen) atoms. The van der Waals surface area contributed by atoms with Crippen LogP contribution in [0.1, 0.15) is 33.1 Å². The summed E-state index contributed by atoms with van der Waals surface area (Å²) in [6, 6.07) is 0. The molecule has 0 bridgehead atoms. The highest BCUT2D eigenvalue weighted by molar-refractivity contribution is 4.83. The third-order valence-electron chi connectivity index (χ3n) is 1.57. The Morgan fingerprint density at radius 2 is 2.11 bits per heavy atom. The van der Waals surface area contributed by atoms with Crippen LogP contribution < -0.4 is 0 Å². The van der Waals surface area contributed by atoms with E-state index in [2.05, 4.69) is 32.9 Å². The van der Waals surface area contributed by atoms with Gasteiger partial charge in [0.15, 0.2) is 0 Å². The van der Waals surface area contributed by atoms with Gasteiger partial charge in [-0.05, 0) is 25.7 Å². The molecule has 0 aliphatic carbocycles. The van der Waals surface area contributed by atoms with Crippen LogP contribution in [-0.4, -0.2) is 0 Å². The molecule has 0 spiro atoms. The Labute approximate surface area is 59.0 Å². The lowest BCUT2D eigenvalue weighted by atomic mass is 10.1. The molecule has 0 heterocycles. The largest absolute Gasteiger partial charge is 0.0885 e. The second-order valence-electron chi connectivity index (χ2n) is 2.51. The highest BCUT2D eigenvalue weighted by Gasteiger charge is 1.91. The molecule has 0 aliphatic rings. The maximum absolute atomic E-state index is 3.72. The van der Waals surface area contributed by atoms with Gasteiger partial charge in [-0.25, -0.2) is 0 Å². The van der Waals surface area contributed by atoms with Crippen molar-refractivity contribution in [1.29, 1.82) is 0 Å². The van der Waals surface area contributed by atoms with Gasteiger partial charge in [-0.15, -0.1) is 0 Å². The first kappa shape index (κ1) is 8.74.